The molecule has 0 spiro atoms. The maximum atomic E-state index is 12.7. The fourth-order valence-electron chi connectivity index (χ4n) is 3.59. The van der Waals surface area contributed by atoms with Gasteiger partial charge in [-0.15, -0.1) is 0 Å². The molecule has 2 aromatic carbocycles. The molecule has 0 radical (unpaired) electrons. The Labute approximate surface area is 154 Å². The van der Waals surface area contributed by atoms with E-state index in [1.54, 1.807) is 0 Å². The summed E-state index contributed by atoms with van der Waals surface area (Å²) in [5.41, 5.74) is 3.46. The highest BCUT2D eigenvalue weighted by molar-refractivity contribution is 6.10. The zero-order chi connectivity index (χ0) is 18.5. The van der Waals surface area contributed by atoms with Crippen LogP contribution in [0.5, 0.6) is 0 Å². The van der Waals surface area contributed by atoms with Crippen molar-refractivity contribution in [3.8, 4) is 0 Å². The van der Waals surface area contributed by atoms with E-state index in [4.69, 9.17) is 4.74 Å². The van der Waals surface area contributed by atoms with Gasteiger partial charge in [0.15, 0.2) is 5.78 Å². The zero-order valence-corrected chi connectivity index (χ0v) is 15.4. The third kappa shape index (κ3) is 3.96. The summed E-state index contributed by atoms with van der Waals surface area (Å²) in [5.74, 6) is -0.102. The second-order valence-corrected chi connectivity index (χ2v) is 6.69. The van der Waals surface area contributed by atoms with Crippen LogP contribution in [0, 0.1) is 6.92 Å². The Morgan fingerprint density at radius 1 is 1.12 bits per heavy atom. The Morgan fingerprint density at radius 2 is 1.85 bits per heavy atom. The Bertz CT molecular complexity index is 782. The quantitative estimate of drug-likeness (QED) is 0.579. The smallest absolute Gasteiger partial charge is 0.307 e. The van der Waals surface area contributed by atoms with Gasteiger partial charge in [-0.05, 0) is 56.5 Å². The minimum atomic E-state index is -0.143. The fourth-order valence-corrected chi connectivity index (χ4v) is 3.59. The van der Waals surface area contributed by atoms with Gasteiger partial charge in [0.2, 0.25) is 0 Å². The molecule has 0 saturated carbocycles. The number of ether oxygens (including phenoxy) is 1. The number of aryl methyl sites for hydroxylation is 1. The van der Waals surface area contributed by atoms with Crippen LogP contribution in [0.4, 0.5) is 5.69 Å². The first-order valence-corrected chi connectivity index (χ1v) is 9.22. The summed E-state index contributed by atoms with van der Waals surface area (Å²) < 4.78 is 5.09. The molecule has 1 heterocycles. The van der Waals surface area contributed by atoms with Gasteiger partial charge in [0, 0.05) is 29.4 Å². The molecule has 1 unspecified atom stereocenters. The van der Waals surface area contributed by atoms with Crippen molar-refractivity contribution < 1.29 is 14.3 Å². The molecule has 0 amide bonds. The van der Waals surface area contributed by atoms with Crippen molar-refractivity contribution in [2.45, 2.75) is 39.2 Å². The van der Waals surface area contributed by atoms with Crippen LogP contribution in [-0.2, 0) is 9.53 Å². The van der Waals surface area contributed by atoms with E-state index in [0.29, 0.717) is 18.6 Å². The molecule has 4 heteroatoms. The minimum Gasteiger partial charge on any atom is -0.466 e. The summed E-state index contributed by atoms with van der Waals surface area (Å²) in [6, 6.07) is 15.5. The lowest BCUT2D eigenvalue weighted by molar-refractivity contribution is -0.143. The molecule has 4 nitrogen and oxygen atoms in total. The number of rotatable bonds is 6. The molecule has 1 aliphatic heterocycles. The molecule has 2 aromatic rings. The second kappa shape index (κ2) is 8.17. The summed E-state index contributed by atoms with van der Waals surface area (Å²) >= 11 is 0. The number of esters is 1. The number of carbonyl (C=O) groups excluding carboxylic acids is 2. The molecule has 0 aliphatic carbocycles. The van der Waals surface area contributed by atoms with Gasteiger partial charge in [0.25, 0.3) is 0 Å². The molecule has 0 bridgehead atoms. The molecule has 0 aromatic heterocycles. The molecule has 1 atom stereocenters. The molecular formula is C22H25NO3. The van der Waals surface area contributed by atoms with Crippen molar-refractivity contribution in [2.75, 3.05) is 18.1 Å². The highest BCUT2D eigenvalue weighted by Crippen LogP contribution is 2.28. The third-order valence-electron chi connectivity index (χ3n) is 4.94. The number of carbonyl (C=O) groups is 2. The third-order valence-corrected chi connectivity index (χ3v) is 4.94. The van der Waals surface area contributed by atoms with E-state index in [1.807, 2.05) is 62.4 Å². The number of anilines is 1. The molecule has 0 N–H and O–H groups in total. The van der Waals surface area contributed by atoms with Crippen molar-refractivity contribution >= 4 is 17.4 Å². The van der Waals surface area contributed by atoms with Gasteiger partial charge in [-0.3, -0.25) is 9.59 Å². The number of nitrogens with zero attached hydrogens (tertiary/aromatic N) is 1. The van der Waals surface area contributed by atoms with E-state index < -0.39 is 0 Å². The van der Waals surface area contributed by atoms with Gasteiger partial charge in [0.1, 0.15) is 0 Å². The summed E-state index contributed by atoms with van der Waals surface area (Å²) in [4.78, 5) is 26.8. The Balaban J connectivity index is 1.74. The van der Waals surface area contributed by atoms with Crippen LogP contribution >= 0.6 is 0 Å². The van der Waals surface area contributed by atoms with E-state index in [2.05, 4.69) is 4.90 Å². The Kier molecular flexibility index (Phi) is 5.71. The normalized spacial score (nSPS) is 16.5. The van der Waals surface area contributed by atoms with Crippen LogP contribution in [0.15, 0.2) is 48.5 Å². The lowest BCUT2D eigenvalue weighted by atomic mass is 9.99. The van der Waals surface area contributed by atoms with Crippen molar-refractivity contribution in [3.05, 3.63) is 65.2 Å². The van der Waals surface area contributed by atoms with Crippen molar-refractivity contribution in [3.63, 3.8) is 0 Å². The number of hydrogen-bond donors (Lipinski definition) is 0. The van der Waals surface area contributed by atoms with Gasteiger partial charge in [-0.2, -0.15) is 0 Å². The molecule has 1 aliphatic rings. The first-order chi connectivity index (χ1) is 12.6. The van der Waals surface area contributed by atoms with E-state index >= 15 is 0 Å². The van der Waals surface area contributed by atoms with Gasteiger partial charge in [-0.25, -0.2) is 0 Å². The van der Waals surface area contributed by atoms with Crippen molar-refractivity contribution in [2.24, 2.45) is 0 Å². The van der Waals surface area contributed by atoms with Crippen LogP contribution < -0.4 is 4.90 Å². The van der Waals surface area contributed by atoms with Crippen LogP contribution in [0.25, 0.3) is 0 Å². The fraction of sp³-hybridized carbons (Fsp3) is 0.364. The van der Waals surface area contributed by atoms with Crippen LogP contribution in [0.3, 0.4) is 0 Å². The maximum Gasteiger partial charge on any atom is 0.307 e. The van der Waals surface area contributed by atoms with Gasteiger partial charge >= 0.3 is 5.97 Å². The maximum absolute atomic E-state index is 12.7. The number of hydrogen-bond acceptors (Lipinski definition) is 4. The lowest BCUT2D eigenvalue weighted by Crippen LogP contribution is -2.31. The van der Waals surface area contributed by atoms with Crippen molar-refractivity contribution in [1.29, 1.82) is 0 Å². The Morgan fingerprint density at radius 3 is 2.54 bits per heavy atom. The van der Waals surface area contributed by atoms with Gasteiger partial charge < -0.3 is 9.64 Å². The standard InChI is InChI=1S/C22H25NO3/c1-3-26-21(24)15-19-8-6-14-23(19)18-12-10-17(11-13-18)22(25)20-9-5-4-7-16(20)2/h4-5,7,9-13,19H,3,6,8,14-15H2,1-2H3. The lowest BCUT2D eigenvalue weighted by Gasteiger charge is -2.26. The second-order valence-electron chi connectivity index (χ2n) is 6.69. The van der Waals surface area contributed by atoms with E-state index in [9.17, 15) is 9.59 Å². The molecule has 136 valence electrons. The Hall–Kier alpha value is -2.62. The van der Waals surface area contributed by atoms with Gasteiger partial charge in [-0.1, -0.05) is 24.3 Å². The van der Waals surface area contributed by atoms with Crippen LogP contribution in [-0.4, -0.2) is 30.9 Å². The largest absolute Gasteiger partial charge is 0.466 e. The highest BCUT2D eigenvalue weighted by atomic mass is 16.5. The zero-order valence-electron chi connectivity index (χ0n) is 15.4. The predicted octanol–water partition coefficient (Wildman–Crippen LogP) is 4.15. The molecule has 1 saturated heterocycles. The minimum absolute atomic E-state index is 0.0409. The molecule has 1 fully saturated rings. The average Bonchev–Trinajstić information content (AvgIpc) is 3.10. The monoisotopic (exact) mass is 351 g/mol. The first kappa shape index (κ1) is 18.2. The summed E-state index contributed by atoms with van der Waals surface area (Å²) in [7, 11) is 0. The van der Waals surface area contributed by atoms with E-state index in [0.717, 1.165) is 36.2 Å². The molecular weight excluding hydrogens is 326 g/mol. The van der Waals surface area contributed by atoms with Crippen molar-refractivity contribution in [1.82, 2.24) is 0 Å². The highest BCUT2D eigenvalue weighted by Gasteiger charge is 2.27. The van der Waals surface area contributed by atoms with E-state index in [1.165, 1.54) is 0 Å². The number of ketones is 1. The van der Waals surface area contributed by atoms with Gasteiger partial charge in [0.05, 0.1) is 13.0 Å². The van der Waals surface area contributed by atoms with Crippen LogP contribution in [0.2, 0.25) is 0 Å². The summed E-state index contributed by atoms with van der Waals surface area (Å²) in [6.07, 6.45) is 2.47. The average molecular weight is 351 g/mol. The SMILES string of the molecule is CCOC(=O)CC1CCCN1c1ccc(C(=O)c2ccccc2C)cc1. The first-order valence-electron chi connectivity index (χ1n) is 9.22. The summed E-state index contributed by atoms with van der Waals surface area (Å²) in [6.45, 7) is 5.12. The molecule has 26 heavy (non-hydrogen) atoms. The predicted molar refractivity (Wildman–Crippen MR) is 103 cm³/mol. The van der Waals surface area contributed by atoms with E-state index in [-0.39, 0.29) is 17.8 Å². The number of benzene rings is 2. The topological polar surface area (TPSA) is 46.6 Å². The van der Waals surface area contributed by atoms with Crippen LogP contribution in [0.1, 0.15) is 47.7 Å². The molecule has 3 rings (SSSR count). The summed E-state index contributed by atoms with van der Waals surface area (Å²) in [5, 5.41) is 0.